The van der Waals surface area contributed by atoms with Gasteiger partial charge in [-0.1, -0.05) is 36.1 Å². The molecule has 7 nitrogen and oxygen atoms in total. The maximum Gasteiger partial charge on any atom is 0.135 e. The van der Waals surface area contributed by atoms with Crippen LogP contribution in [-0.2, 0) is 6.61 Å². The van der Waals surface area contributed by atoms with Crippen molar-refractivity contribution in [1.29, 1.82) is 5.26 Å². The predicted molar refractivity (Wildman–Crippen MR) is 131 cm³/mol. The van der Waals surface area contributed by atoms with Gasteiger partial charge in [-0.2, -0.15) is 5.26 Å². The van der Waals surface area contributed by atoms with Crippen molar-refractivity contribution in [3.8, 4) is 34.8 Å². The third-order valence-corrected chi connectivity index (χ3v) is 5.47. The average molecular weight is 459 g/mol. The second-order valence-electron chi connectivity index (χ2n) is 7.84. The lowest BCUT2D eigenvalue weighted by molar-refractivity contribution is 0.120. The molecule has 4 rings (SSSR count). The van der Waals surface area contributed by atoms with Crippen LogP contribution < -0.4 is 10.1 Å². The number of rotatable bonds is 7. The summed E-state index contributed by atoms with van der Waals surface area (Å²) in [6, 6.07) is 17.7. The minimum atomic E-state index is -0.442. The normalized spacial score (nSPS) is 13.4. The Morgan fingerprint density at radius 1 is 1.12 bits per heavy atom. The summed E-state index contributed by atoms with van der Waals surface area (Å²) in [6.45, 7) is 0.105. The highest BCUT2D eigenvalue weighted by Crippen LogP contribution is 2.27. The standard InChI is InChI=1S/C24H24N2O3.C3H6N2/c27-16-21(26-15-14-25-24(26)17-28)11-6-18-4-7-19(8-5-18)20-9-12-23(13-10-20)29-22-2-1-3-22;1-5-3-2-4/h4-5,7-10,12-15,21-22,27-28H,1-3,16-17H2;5H,3H2,1H3. The fraction of sp³-hybridized carbons (Fsp3) is 0.333. The second kappa shape index (κ2) is 13.2. The minimum Gasteiger partial charge on any atom is -0.490 e. The molecule has 0 saturated heterocycles. The molecule has 1 aliphatic carbocycles. The Bertz CT molecular complexity index is 1120. The molecule has 0 aliphatic heterocycles. The molecule has 0 bridgehead atoms. The summed E-state index contributed by atoms with van der Waals surface area (Å²) in [5.41, 5.74) is 3.11. The molecule has 1 saturated carbocycles. The summed E-state index contributed by atoms with van der Waals surface area (Å²) in [5.74, 6) is 7.56. The van der Waals surface area contributed by atoms with Crippen molar-refractivity contribution in [2.45, 2.75) is 38.0 Å². The zero-order valence-electron chi connectivity index (χ0n) is 19.3. The number of nitrogens with one attached hydrogen (secondary N) is 1. The quantitative estimate of drug-likeness (QED) is 0.371. The van der Waals surface area contributed by atoms with Crippen LogP contribution in [0.4, 0.5) is 0 Å². The minimum absolute atomic E-state index is 0.149. The van der Waals surface area contributed by atoms with Gasteiger partial charge in [0, 0.05) is 18.0 Å². The summed E-state index contributed by atoms with van der Waals surface area (Å²) >= 11 is 0. The van der Waals surface area contributed by atoms with Crippen molar-refractivity contribution in [3.05, 3.63) is 72.3 Å². The summed E-state index contributed by atoms with van der Waals surface area (Å²) in [4.78, 5) is 4.06. The first kappa shape index (κ1) is 25.0. The Balaban J connectivity index is 0.000000588. The van der Waals surface area contributed by atoms with Crippen molar-refractivity contribution < 1.29 is 14.9 Å². The van der Waals surface area contributed by atoms with E-state index in [4.69, 9.17) is 10.00 Å². The van der Waals surface area contributed by atoms with Crippen molar-refractivity contribution in [2.75, 3.05) is 20.2 Å². The third-order valence-electron chi connectivity index (χ3n) is 5.47. The molecule has 1 unspecified atom stereocenters. The number of hydrogen-bond acceptors (Lipinski definition) is 6. The van der Waals surface area contributed by atoms with Crippen LogP contribution in [0.25, 0.3) is 11.1 Å². The van der Waals surface area contributed by atoms with Crippen molar-refractivity contribution >= 4 is 0 Å². The molecule has 1 aromatic heterocycles. The van der Waals surface area contributed by atoms with Gasteiger partial charge in [0.2, 0.25) is 0 Å². The fourth-order valence-corrected chi connectivity index (χ4v) is 3.35. The van der Waals surface area contributed by atoms with Gasteiger partial charge in [-0.15, -0.1) is 0 Å². The van der Waals surface area contributed by atoms with Gasteiger partial charge in [0.25, 0.3) is 0 Å². The van der Waals surface area contributed by atoms with Crippen molar-refractivity contribution in [1.82, 2.24) is 14.9 Å². The van der Waals surface area contributed by atoms with Gasteiger partial charge in [-0.05, 0) is 61.7 Å². The number of hydrogen-bond donors (Lipinski definition) is 3. The van der Waals surface area contributed by atoms with Crippen LogP contribution in [0, 0.1) is 23.2 Å². The van der Waals surface area contributed by atoms with E-state index in [1.54, 1.807) is 24.0 Å². The Hall–Kier alpha value is -3.62. The Morgan fingerprint density at radius 3 is 2.29 bits per heavy atom. The number of ether oxygens (including phenoxy) is 1. The summed E-state index contributed by atoms with van der Waals surface area (Å²) in [7, 11) is 1.74. The van der Waals surface area contributed by atoms with Gasteiger partial charge in [-0.25, -0.2) is 4.98 Å². The lowest BCUT2D eigenvalue weighted by Gasteiger charge is -2.26. The summed E-state index contributed by atoms with van der Waals surface area (Å²) in [5, 5.41) is 29.4. The van der Waals surface area contributed by atoms with E-state index in [0.29, 0.717) is 18.5 Å². The largest absolute Gasteiger partial charge is 0.490 e. The number of nitrogens with zero attached hydrogens (tertiary/aromatic N) is 3. The summed E-state index contributed by atoms with van der Waals surface area (Å²) < 4.78 is 7.60. The van der Waals surface area contributed by atoms with Crippen molar-refractivity contribution in [2.24, 2.45) is 0 Å². The van der Waals surface area contributed by atoms with Gasteiger partial charge in [0.1, 0.15) is 24.2 Å². The highest BCUT2D eigenvalue weighted by atomic mass is 16.5. The topological polar surface area (TPSA) is 103 Å². The van der Waals surface area contributed by atoms with E-state index >= 15 is 0 Å². The van der Waals surface area contributed by atoms with Crippen LogP contribution in [0.2, 0.25) is 0 Å². The third kappa shape index (κ3) is 6.94. The van der Waals surface area contributed by atoms with Gasteiger partial charge in [-0.3, -0.25) is 0 Å². The molecule has 7 heteroatoms. The molecular formula is C27H30N4O3. The van der Waals surface area contributed by atoms with E-state index in [9.17, 15) is 10.2 Å². The van der Waals surface area contributed by atoms with E-state index < -0.39 is 6.04 Å². The van der Waals surface area contributed by atoms with E-state index in [2.05, 4.69) is 34.3 Å². The molecule has 34 heavy (non-hydrogen) atoms. The maximum atomic E-state index is 9.64. The molecule has 3 aromatic rings. The molecule has 176 valence electrons. The van der Waals surface area contributed by atoms with E-state index in [1.165, 1.54) is 6.42 Å². The number of aliphatic hydroxyl groups excluding tert-OH is 2. The van der Waals surface area contributed by atoms with Crippen LogP contribution in [0.1, 0.15) is 36.7 Å². The lowest BCUT2D eigenvalue weighted by Crippen LogP contribution is -2.24. The molecule has 1 aliphatic rings. The van der Waals surface area contributed by atoms with E-state index in [0.717, 1.165) is 35.3 Å². The first-order valence-corrected chi connectivity index (χ1v) is 11.3. The maximum absolute atomic E-state index is 9.64. The Kier molecular flexibility index (Phi) is 9.69. The number of aromatic nitrogens is 2. The molecular weight excluding hydrogens is 428 g/mol. The average Bonchev–Trinajstić information content (AvgIpc) is 3.32. The van der Waals surface area contributed by atoms with Gasteiger partial charge in [0.05, 0.1) is 25.3 Å². The zero-order valence-corrected chi connectivity index (χ0v) is 19.3. The zero-order chi connectivity index (χ0) is 24.2. The highest BCUT2D eigenvalue weighted by molar-refractivity contribution is 5.65. The van der Waals surface area contributed by atoms with E-state index in [-0.39, 0.29) is 13.2 Å². The van der Waals surface area contributed by atoms with Gasteiger partial charge in [0.15, 0.2) is 0 Å². The molecule has 1 fully saturated rings. The first-order valence-electron chi connectivity index (χ1n) is 11.3. The summed E-state index contributed by atoms with van der Waals surface area (Å²) in [6.07, 6.45) is 7.27. The van der Waals surface area contributed by atoms with Crippen LogP contribution in [0.5, 0.6) is 5.75 Å². The molecule has 3 N–H and O–H groups in total. The van der Waals surface area contributed by atoms with Crippen LogP contribution in [0.15, 0.2) is 60.9 Å². The SMILES string of the molecule is CNCC#N.OCc1nccn1C(C#Cc1ccc(-c2ccc(OC3CCC3)cc2)cc1)CO. The number of imidazole rings is 1. The molecule has 2 aromatic carbocycles. The van der Waals surface area contributed by atoms with Gasteiger partial charge >= 0.3 is 0 Å². The lowest BCUT2D eigenvalue weighted by atomic mass is 9.96. The molecule has 1 atom stereocenters. The van der Waals surface area contributed by atoms with Crippen LogP contribution in [0.3, 0.4) is 0 Å². The number of benzene rings is 2. The monoisotopic (exact) mass is 458 g/mol. The van der Waals surface area contributed by atoms with Crippen LogP contribution >= 0.6 is 0 Å². The fourth-order valence-electron chi connectivity index (χ4n) is 3.35. The highest BCUT2D eigenvalue weighted by Gasteiger charge is 2.18. The molecule has 0 spiro atoms. The van der Waals surface area contributed by atoms with Crippen molar-refractivity contribution in [3.63, 3.8) is 0 Å². The Labute approximate surface area is 200 Å². The smallest absolute Gasteiger partial charge is 0.135 e. The molecule has 0 radical (unpaired) electrons. The molecule has 1 heterocycles. The van der Waals surface area contributed by atoms with E-state index in [1.807, 2.05) is 42.5 Å². The second-order valence-corrected chi connectivity index (χ2v) is 7.84. The number of nitriles is 1. The van der Waals surface area contributed by atoms with Gasteiger partial charge < -0.3 is 24.8 Å². The Morgan fingerprint density at radius 2 is 1.79 bits per heavy atom. The molecule has 0 amide bonds. The van der Waals surface area contributed by atoms with Crippen LogP contribution in [-0.4, -0.2) is 46.1 Å². The first-order chi connectivity index (χ1) is 16.7. The number of aliphatic hydroxyl groups is 2. The predicted octanol–water partition coefficient (Wildman–Crippen LogP) is 3.29.